The van der Waals surface area contributed by atoms with Gasteiger partial charge >= 0.3 is 0 Å². The summed E-state index contributed by atoms with van der Waals surface area (Å²) in [6, 6.07) is 4.88. The van der Waals surface area contributed by atoms with Crippen molar-refractivity contribution in [1.29, 1.82) is 0 Å². The zero-order valence-electron chi connectivity index (χ0n) is 10.8. The molecule has 2 amide bonds. The van der Waals surface area contributed by atoms with Crippen LogP contribution in [0.2, 0.25) is 5.02 Å². The highest BCUT2D eigenvalue weighted by Crippen LogP contribution is 2.23. The lowest BCUT2D eigenvalue weighted by atomic mass is 10.1. The summed E-state index contributed by atoms with van der Waals surface area (Å²) < 4.78 is 0. The minimum atomic E-state index is -0.195. The molecule has 0 radical (unpaired) electrons. The summed E-state index contributed by atoms with van der Waals surface area (Å²) in [5.41, 5.74) is 1.04. The van der Waals surface area contributed by atoms with Gasteiger partial charge in [0.15, 0.2) is 0 Å². The number of carbonyl (C=O) groups is 2. The van der Waals surface area contributed by atoms with Crippen LogP contribution in [0.15, 0.2) is 18.2 Å². The number of halogens is 1. The van der Waals surface area contributed by atoms with Gasteiger partial charge in [0, 0.05) is 25.6 Å². The van der Waals surface area contributed by atoms with Crippen molar-refractivity contribution >= 4 is 29.1 Å². The van der Waals surface area contributed by atoms with Crippen molar-refractivity contribution in [3.63, 3.8) is 0 Å². The first-order chi connectivity index (χ1) is 8.49. The van der Waals surface area contributed by atoms with E-state index in [1.807, 2.05) is 13.8 Å². The molecular weight excluding hydrogens is 252 g/mol. The van der Waals surface area contributed by atoms with Crippen molar-refractivity contribution in [2.45, 2.75) is 20.8 Å². The van der Waals surface area contributed by atoms with E-state index in [1.54, 1.807) is 23.1 Å². The van der Waals surface area contributed by atoms with Gasteiger partial charge in [-0.2, -0.15) is 0 Å². The molecule has 0 heterocycles. The molecule has 18 heavy (non-hydrogen) atoms. The molecule has 1 aromatic carbocycles. The van der Waals surface area contributed by atoms with Crippen LogP contribution >= 0.6 is 11.6 Å². The fourth-order valence-corrected chi connectivity index (χ4v) is 1.86. The van der Waals surface area contributed by atoms with E-state index in [1.165, 1.54) is 6.92 Å². The molecule has 0 aliphatic rings. The third-order valence-corrected chi connectivity index (χ3v) is 2.89. The molecule has 98 valence electrons. The number of amides is 2. The molecule has 0 aliphatic carbocycles. The molecule has 4 nitrogen and oxygen atoms in total. The van der Waals surface area contributed by atoms with E-state index in [4.69, 9.17) is 11.6 Å². The Labute approximate surface area is 112 Å². The number of nitrogens with one attached hydrogen (secondary N) is 1. The Bertz CT molecular complexity index is 456. The molecule has 0 spiro atoms. The molecule has 0 saturated carbocycles. The zero-order valence-corrected chi connectivity index (χ0v) is 11.5. The maximum absolute atomic E-state index is 12.1. The number of benzene rings is 1. The smallest absolute Gasteiger partial charge is 0.253 e. The predicted molar refractivity (Wildman–Crippen MR) is 73.0 cm³/mol. The molecule has 0 saturated heterocycles. The Morgan fingerprint density at radius 3 is 2.33 bits per heavy atom. The number of nitrogens with zero attached hydrogens (tertiary/aromatic N) is 1. The molecule has 0 bridgehead atoms. The van der Waals surface area contributed by atoms with Crippen molar-refractivity contribution in [1.82, 2.24) is 4.90 Å². The molecule has 0 fully saturated rings. The number of hydrogen-bond acceptors (Lipinski definition) is 2. The quantitative estimate of drug-likeness (QED) is 0.913. The Morgan fingerprint density at radius 1 is 1.28 bits per heavy atom. The van der Waals surface area contributed by atoms with Gasteiger partial charge in [-0.1, -0.05) is 11.6 Å². The lowest BCUT2D eigenvalue weighted by Crippen LogP contribution is -2.30. The largest absolute Gasteiger partial charge is 0.339 e. The van der Waals surface area contributed by atoms with E-state index in [0.29, 0.717) is 29.4 Å². The van der Waals surface area contributed by atoms with Gasteiger partial charge in [-0.25, -0.2) is 0 Å². The van der Waals surface area contributed by atoms with Crippen molar-refractivity contribution in [2.75, 3.05) is 18.4 Å². The van der Waals surface area contributed by atoms with Crippen LogP contribution < -0.4 is 5.32 Å². The summed E-state index contributed by atoms with van der Waals surface area (Å²) in [5.74, 6) is -0.254. The average Bonchev–Trinajstić information content (AvgIpc) is 2.32. The minimum absolute atomic E-state index is 0.0590. The van der Waals surface area contributed by atoms with Gasteiger partial charge in [-0.15, -0.1) is 0 Å². The number of anilines is 1. The fourth-order valence-electron chi connectivity index (χ4n) is 1.63. The lowest BCUT2D eigenvalue weighted by Gasteiger charge is -2.19. The second-order valence-corrected chi connectivity index (χ2v) is 4.26. The summed E-state index contributed by atoms with van der Waals surface area (Å²) in [4.78, 5) is 24.7. The van der Waals surface area contributed by atoms with Crippen LogP contribution in [0.4, 0.5) is 5.69 Å². The van der Waals surface area contributed by atoms with Crippen molar-refractivity contribution < 1.29 is 9.59 Å². The molecule has 0 atom stereocenters. The first-order valence-electron chi connectivity index (χ1n) is 5.86. The van der Waals surface area contributed by atoms with Crippen LogP contribution in [-0.4, -0.2) is 29.8 Å². The molecule has 0 aliphatic heterocycles. The summed E-state index contributed by atoms with van der Waals surface area (Å²) in [7, 11) is 0. The average molecular weight is 269 g/mol. The first-order valence-corrected chi connectivity index (χ1v) is 6.23. The van der Waals surface area contributed by atoms with E-state index in [2.05, 4.69) is 5.32 Å². The van der Waals surface area contributed by atoms with Crippen LogP contribution in [0, 0.1) is 0 Å². The van der Waals surface area contributed by atoms with Crippen LogP contribution in [-0.2, 0) is 4.79 Å². The van der Waals surface area contributed by atoms with E-state index in [0.717, 1.165) is 0 Å². The van der Waals surface area contributed by atoms with Gasteiger partial charge in [0.25, 0.3) is 5.91 Å². The summed E-state index contributed by atoms with van der Waals surface area (Å²) in [6.45, 7) is 6.56. The summed E-state index contributed by atoms with van der Waals surface area (Å²) in [6.07, 6.45) is 0. The second kappa shape index (κ2) is 6.40. The molecule has 0 unspecified atom stereocenters. The Hall–Kier alpha value is -1.55. The highest BCUT2D eigenvalue weighted by Gasteiger charge is 2.14. The molecule has 1 aromatic rings. The summed E-state index contributed by atoms with van der Waals surface area (Å²) >= 11 is 6.02. The first kappa shape index (κ1) is 14.5. The number of rotatable bonds is 4. The summed E-state index contributed by atoms with van der Waals surface area (Å²) in [5, 5.41) is 2.96. The highest BCUT2D eigenvalue weighted by molar-refractivity contribution is 6.34. The van der Waals surface area contributed by atoms with Gasteiger partial charge in [0.1, 0.15) is 0 Å². The second-order valence-electron chi connectivity index (χ2n) is 3.85. The van der Waals surface area contributed by atoms with Crippen molar-refractivity contribution in [3.8, 4) is 0 Å². The third kappa shape index (κ3) is 3.47. The van der Waals surface area contributed by atoms with Crippen LogP contribution in [0.1, 0.15) is 31.1 Å². The number of carbonyl (C=O) groups excluding carboxylic acids is 2. The van der Waals surface area contributed by atoms with Crippen LogP contribution in [0.3, 0.4) is 0 Å². The van der Waals surface area contributed by atoms with E-state index in [-0.39, 0.29) is 11.8 Å². The predicted octanol–water partition coefficient (Wildman–Crippen LogP) is 2.78. The van der Waals surface area contributed by atoms with Crippen molar-refractivity contribution in [2.24, 2.45) is 0 Å². The molecule has 0 aromatic heterocycles. The van der Waals surface area contributed by atoms with Gasteiger partial charge in [0.05, 0.1) is 10.7 Å². The van der Waals surface area contributed by atoms with Gasteiger partial charge in [-0.05, 0) is 32.0 Å². The SMILES string of the molecule is CCN(CC)C(=O)c1ccc(NC(C)=O)c(Cl)c1. The number of hydrogen-bond donors (Lipinski definition) is 1. The molecule has 5 heteroatoms. The topological polar surface area (TPSA) is 49.4 Å². The monoisotopic (exact) mass is 268 g/mol. The maximum atomic E-state index is 12.1. The minimum Gasteiger partial charge on any atom is -0.339 e. The normalized spacial score (nSPS) is 10.0. The van der Waals surface area contributed by atoms with Crippen molar-refractivity contribution in [3.05, 3.63) is 28.8 Å². The Kier molecular flexibility index (Phi) is 5.16. The van der Waals surface area contributed by atoms with E-state index in [9.17, 15) is 9.59 Å². The Balaban J connectivity index is 2.96. The Morgan fingerprint density at radius 2 is 1.89 bits per heavy atom. The third-order valence-electron chi connectivity index (χ3n) is 2.58. The zero-order chi connectivity index (χ0) is 13.7. The lowest BCUT2D eigenvalue weighted by molar-refractivity contribution is -0.114. The van der Waals surface area contributed by atoms with Gasteiger partial charge in [0.2, 0.25) is 5.91 Å². The van der Waals surface area contributed by atoms with E-state index >= 15 is 0 Å². The van der Waals surface area contributed by atoms with Gasteiger partial charge in [-0.3, -0.25) is 9.59 Å². The molecular formula is C13H17ClN2O2. The standard InChI is InChI=1S/C13H17ClN2O2/c1-4-16(5-2)13(18)10-6-7-12(11(14)8-10)15-9(3)17/h6-8H,4-5H2,1-3H3,(H,15,17). The van der Waals surface area contributed by atoms with Crippen LogP contribution in [0.5, 0.6) is 0 Å². The molecule has 1 N–H and O–H groups in total. The van der Waals surface area contributed by atoms with E-state index < -0.39 is 0 Å². The van der Waals surface area contributed by atoms with Crippen LogP contribution in [0.25, 0.3) is 0 Å². The molecule has 1 rings (SSSR count). The highest BCUT2D eigenvalue weighted by atomic mass is 35.5. The van der Waals surface area contributed by atoms with Gasteiger partial charge < -0.3 is 10.2 Å². The maximum Gasteiger partial charge on any atom is 0.253 e. The fraction of sp³-hybridized carbons (Fsp3) is 0.385.